The van der Waals surface area contributed by atoms with Crippen LogP contribution < -0.4 is 5.73 Å². The number of aromatic nitrogens is 2. The third kappa shape index (κ3) is 3.25. The maximum Gasteiger partial charge on any atom is 0.162 e. The van der Waals surface area contributed by atoms with Gasteiger partial charge in [0.2, 0.25) is 0 Å². The molecule has 2 N–H and O–H groups in total. The van der Waals surface area contributed by atoms with E-state index >= 15 is 0 Å². The first-order chi connectivity index (χ1) is 8.77. The van der Waals surface area contributed by atoms with Crippen molar-refractivity contribution < 1.29 is 0 Å². The SMILES string of the molecule is CC(C)(C)c1cc(N)nc(-c2cc(Cl)ccc2Br)n1. The van der Waals surface area contributed by atoms with Crippen molar-refractivity contribution in [1.82, 2.24) is 9.97 Å². The molecule has 0 saturated heterocycles. The highest BCUT2D eigenvalue weighted by molar-refractivity contribution is 9.10. The van der Waals surface area contributed by atoms with Crippen LogP contribution in [0.3, 0.4) is 0 Å². The number of halogens is 2. The molecule has 2 aromatic rings. The summed E-state index contributed by atoms with van der Waals surface area (Å²) in [7, 11) is 0. The standard InChI is InChI=1S/C14H15BrClN3/c1-14(2,3)11-7-12(17)19-13(18-11)9-6-8(16)4-5-10(9)15/h4-7H,1-3H3,(H2,17,18,19). The first-order valence-corrected chi connectivity index (χ1v) is 7.05. The van der Waals surface area contributed by atoms with E-state index < -0.39 is 0 Å². The Bertz CT molecular complexity index is 621. The molecule has 0 aliphatic rings. The molecule has 1 aromatic heterocycles. The molecule has 1 aromatic carbocycles. The summed E-state index contributed by atoms with van der Waals surface area (Å²) in [4.78, 5) is 8.89. The van der Waals surface area contributed by atoms with Gasteiger partial charge < -0.3 is 5.73 Å². The highest BCUT2D eigenvalue weighted by atomic mass is 79.9. The minimum atomic E-state index is -0.0864. The summed E-state index contributed by atoms with van der Waals surface area (Å²) in [5.41, 5.74) is 7.54. The van der Waals surface area contributed by atoms with Crippen LogP contribution in [0.1, 0.15) is 26.5 Å². The molecule has 19 heavy (non-hydrogen) atoms. The fraction of sp³-hybridized carbons (Fsp3) is 0.286. The molecule has 1 heterocycles. The predicted molar refractivity (Wildman–Crippen MR) is 83.3 cm³/mol. The maximum absolute atomic E-state index is 6.03. The van der Waals surface area contributed by atoms with E-state index in [1.165, 1.54) is 0 Å². The molecule has 0 bridgehead atoms. The number of hydrogen-bond donors (Lipinski definition) is 1. The summed E-state index contributed by atoms with van der Waals surface area (Å²) in [6.45, 7) is 6.27. The van der Waals surface area contributed by atoms with Crippen molar-refractivity contribution in [2.75, 3.05) is 5.73 Å². The van der Waals surface area contributed by atoms with Crippen LogP contribution >= 0.6 is 27.5 Å². The Morgan fingerprint density at radius 1 is 1.16 bits per heavy atom. The van der Waals surface area contributed by atoms with Crippen molar-refractivity contribution in [2.24, 2.45) is 0 Å². The predicted octanol–water partition coefficient (Wildman–Crippen LogP) is 4.44. The largest absolute Gasteiger partial charge is 0.384 e. The molecule has 0 amide bonds. The fourth-order valence-corrected chi connectivity index (χ4v) is 2.24. The Balaban J connectivity index is 2.63. The number of rotatable bonds is 1. The van der Waals surface area contributed by atoms with Gasteiger partial charge in [0.25, 0.3) is 0 Å². The molecule has 3 nitrogen and oxygen atoms in total. The number of benzene rings is 1. The first-order valence-electron chi connectivity index (χ1n) is 5.88. The summed E-state index contributed by atoms with van der Waals surface area (Å²) < 4.78 is 0.891. The van der Waals surface area contributed by atoms with E-state index in [1.54, 1.807) is 0 Å². The van der Waals surface area contributed by atoms with Crippen molar-refractivity contribution in [2.45, 2.75) is 26.2 Å². The van der Waals surface area contributed by atoms with Gasteiger partial charge >= 0.3 is 0 Å². The quantitative estimate of drug-likeness (QED) is 0.835. The van der Waals surface area contributed by atoms with Crippen LogP contribution in [0.4, 0.5) is 5.82 Å². The lowest BCUT2D eigenvalue weighted by Crippen LogP contribution is -2.15. The molecule has 5 heteroatoms. The summed E-state index contributed by atoms with van der Waals surface area (Å²) >= 11 is 9.52. The number of nitrogens with zero attached hydrogens (tertiary/aromatic N) is 2. The van der Waals surface area contributed by atoms with Crippen molar-refractivity contribution in [3.8, 4) is 11.4 Å². The van der Waals surface area contributed by atoms with Gasteiger partial charge in [-0.15, -0.1) is 0 Å². The van der Waals surface area contributed by atoms with Crippen LogP contribution in [0.25, 0.3) is 11.4 Å². The van der Waals surface area contributed by atoms with Crippen LogP contribution in [-0.2, 0) is 5.41 Å². The van der Waals surface area contributed by atoms with Crippen LogP contribution in [0, 0.1) is 0 Å². The molecule has 0 spiro atoms. The summed E-state index contributed by atoms with van der Waals surface area (Å²) in [6, 6.07) is 7.32. The molecule has 0 fully saturated rings. The fourth-order valence-electron chi connectivity index (χ4n) is 1.64. The minimum absolute atomic E-state index is 0.0864. The molecule has 0 aliphatic heterocycles. The van der Waals surface area contributed by atoms with Gasteiger partial charge in [-0.25, -0.2) is 9.97 Å². The monoisotopic (exact) mass is 339 g/mol. The summed E-state index contributed by atoms with van der Waals surface area (Å²) in [5.74, 6) is 1.04. The van der Waals surface area contributed by atoms with Gasteiger partial charge in [-0.3, -0.25) is 0 Å². The zero-order valence-corrected chi connectivity index (χ0v) is 13.4. The molecule has 0 atom stereocenters. The van der Waals surface area contributed by atoms with Crippen molar-refractivity contribution in [3.63, 3.8) is 0 Å². The Morgan fingerprint density at radius 3 is 2.47 bits per heavy atom. The normalized spacial score (nSPS) is 11.6. The maximum atomic E-state index is 6.03. The van der Waals surface area contributed by atoms with Gasteiger partial charge in [-0.2, -0.15) is 0 Å². The molecular formula is C14H15BrClN3. The van der Waals surface area contributed by atoms with Gasteiger partial charge in [-0.1, -0.05) is 48.3 Å². The number of nitrogens with two attached hydrogens (primary N) is 1. The van der Waals surface area contributed by atoms with Crippen LogP contribution in [0.15, 0.2) is 28.7 Å². The molecule has 2 rings (SSSR count). The Kier molecular flexibility index (Phi) is 3.83. The summed E-state index contributed by atoms with van der Waals surface area (Å²) in [5, 5.41) is 0.640. The lowest BCUT2D eigenvalue weighted by molar-refractivity contribution is 0.568. The topological polar surface area (TPSA) is 51.8 Å². The third-order valence-corrected chi connectivity index (χ3v) is 3.61. The van der Waals surface area contributed by atoms with Gasteiger partial charge in [0.1, 0.15) is 5.82 Å². The highest BCUT2D eigenvalue weighted by Gasteiger charge is 2.18. The minimum Gasteiger partial charge on any atom is -0.384 e. The second-order valence-corrected chi connectivity index (χ2v) is 6.67. The highest BCUT2D eigenvalue weighted by Crippen LogP contribution is 2.31. The molecule has 0 saturated carbocycles. The molecule has 0 aliphatic carbocycles. The number of hydrogen-bond acceptors (Lipinski definition) is 3. The lowest BCUT2D eigenvalue weighted by atomic mass is 9.92. The van der Waals surface area contributed by atoms with Crippen LogP contribution in [0.2, 0.25) is 5.02 Å². The van der Waals surface area contributed by atoms with Crippen molar-refractivity contribution in [3.05, 3.63) is 39.5 Å². The third-order valence-electron chi connectivity index (χ3n) is 2.68. The van der Waals surface area contributed by atoms with E-state index in [2.05, 4.69) is 46.7 Å². The van der Waals surface area contributed by atoms with Crippen LogP contribution in [0.5, 0.6) is 0 Å². The van der Waals surface area contributed by atoms with Crippen molar-refractivity contribution >= 4 is 33.3 Å². The second-order valence-electron chi connectivity index (χ2n) is 5.38. The van der Waals surface area contributed by atoms with Gasteiger partial charge in [0.05, 0.1) is 5.69 Å². The first kappa shape index (κ1) is 14.3. The Morgan fingerprint density at radius 2 is 1.84 bits per heavy atom. The van der Waals surface area contributed by atoms with E-state index in [0.29, 0.717) is 16.7 Å². The van der Waals surface area contributed by atoms with E-state index in [9.17, 15) is 0 Å². The second kappa shape index (κ2) is 5.10. The average Bonchev–Trinajstić information content (AvgIpc) is 2.30. The average molecular weight is 341 g/mol. The van der Waals surface area contributed by atoms with E-state index in [-0.39, 0.29) is 5.41 Å². The zero-order chi connectivity index (χ0) is 14.2. The Hall–Kier alpha value is -1.13. The lowest BCUT2D eigenvalue weighted by Gasteiger charge is -2.19. The van der Waals surface area contributed by atoms with E-state index in [4.69, 9.17) is 17.3 Å². The van der Waals surface area contributed by atoms with Gasteiger partial charge in [0.15, 0.2) is 5.82 Å². The van der Waals surface area contributed by atoms with Gasteiger partial charge in [0, 0.05) is 26.5 Å². The van der Waals surface area contributed by atoms with E-state index in [1.807, 2.05) is 24.3 Å². The number of nitrogen functional groups attached to an aromatic ring is 1. The summed E-state index contributed by atoms with van der Waals surface area (Å²) in [6.07, 6.45) is 0. The Labute approximate surface area is 126 Å². The molecule has 0 unspecified atom stereocenters. The molecule has 100 valence electrons. The molecule has 0 radical (unpaired) electrons. The van der Waals surface area contributed by atoms with E-state index in [0.717, 1.165) is 15.7 Å². The van der Waals surface area contributed by atoms with Gasteiger partial charge in [-0.05, 0) is 18.2 Å². The number of anilines is 1. The van der Waals surface area contributed by atoms with Crippen LogP contribution in [-0.4, -0.2) is 9.97 Å². The smallest absolute Gasteiger partial charge is 0.162 e. The van der Waals surface area contributed by atoms with Crippen molar-refractivity contribution in [1.29, 1.82) is 0 Å². The zero-order valence-electron chi connectivity index (χ0n) is 11.0. The molecular weight excluding hydrogens is 326 g/mol.